The number of nitrogens with two attached hydrogens (primary N) is 2. The zero-order chi connectivity index (χ0) is 27.1. The summed E-state index contributed by atoms with van der Waals surface area (Å²) in [7, 11) is 0. The maximum atomic E-state index is 14.8. The van der Waals surface area contributed by atoms with Gasteiger partial charge < -0.3 is 21.5 Å². The van der Waals surface area contributed by atoms with E-state index in [1.165, 1.54) is 54.9 Å². The minimum atomic E-state index is -0.860. The van der Waals surface area contributed by atoms with E-state index in [1.54, 1.807) is 12.1 Å². The summed E-state index contributed by atoms with van der Waals surface area (Å²) >= 11 is 0. The maximum absolute atomic E-state index is 14.8. The Morgan fingerprint density at radius 3 is 2.42 bits per heavy atom. The number of urea groups is 1. The Labute approximate surface area is 215 Å². The van der Waals surface area contributed by atoms with Crippen molar-refractivity contribution in [1.82, 2.24) is 15.3 Å². The number of anilines is 3. The van der Waals surface area contributed by atoms with Gasteiger partial charge in [0, 0.05) is 24.0 Å². The third-order valence-corrected chi connectivity index (χ3v) is 4.98. The molecule has 190 valence electrons. The van der Waals surface area contributed by atoms with Gasteiger partial charge in [0.15, 0.2) is 11.6 Å². The van der Waals surface area contributed by atoms with Gasteiger partial charge in [0.1, 0.15) is 28.6 Å². The molecule has 0 fully saturated rings. The number of imide groups is 1. The van der Waals surface area contributed by atoms with E-state index < -0.39 is 23.6 Å². The second-order valence-corrected chi connectivity index (χ2v) is 7.85. The van der Waals surface area contributed by atoms with E-state index in [9.17, 15) is 18.4 Å². The lowest BCUT2D eigenvalue weighted by Crippen LogP contribution is -2.35. The number of hydrogen-bond acceptors (Lipinski definition) is 7. The van der Waals surface area contributed by atoms with Crippen LogP contribution in [0.25, 0.3) is 0 Å². The molecular formula is C27H20F2N6O3. The van der Waals surface area contributed by atoms with Crippen LogP contribution in [0.3, 0.4) is 0 Å². The molecule has 0 radical (unpaired) electrons. The summed E-state index contributed by atoms with van der Waals surface area (Å²) in [5.74, 6) is 3.87. The molecule has 0 saturated carbocycles. The Balaban J connectivity index is 1.42. The van der Waals surface area contributed by atoms with Crippen molar-refractivity contribution >= 4 is 29.1 Å². The minimum absolute atomic E-state index is 0.0746. The van der Waals surface area contributed by atoms with E-state index in [1.807, 2.05) is 0 Å². The van der Waals surface area contributed by atoms with Crippen molar-refractivity contribution in [3.05, 3.63) is 102 Å². The van der Waals surface area contributed by atoms with Crippen LogP contribution < -0.4 is 26.8 Å². The quantitative estimate of drug-likeness (QED) is 0.295. The fraction of sp³-hybridized carbons (Fsp3) is 0.0370. The number of pyridine rings is 2. The van der Waals surface area contributed by atoms with Crippen LogP contribution >= 0.6 is 0 Å². The average molecular weight is 514 g/mol. The smallest absolute Gasteiger partial charge is 0.325 e. The van der Waals surface area contributed by atoms with E-state index >= 15 is 0 Å². The molecule has 6 N–H and O–H groups in total. The van der Waals surface area contributed by atoms with Gasteiger partial charge in [-0.3, -0.25) is 10.1 Å². The number of benzene rings is 2. The molecule has 0 saturated heterocycles. The molecule has 2 heterocycles. The Hall–Kier alpha value is -5.50. The second kappa shape index (κ2) is 11.5. The fourth-order valence-corrected chi connectivity index (χ4v) is 3.18. The van der Waals surface area contributed by atoms with Crippen molar-refractivity contribution in [2.75, 3.05) is 16.8 Å². The van der Waals surface area contributed by atoms with Gasteiger partial charge in [0.2, 0.25) is 5.91 Å². The number of nitrogens with zero attached hydrogens (tertiary/aromatic N) is 2. The number of aromatic nitrogens is 2. The zero-order valence-corrected chi connectivity index (χ0v) is 19.7. The normalized spacial score (nSPS) is 10.2. The predicted molar refractivity (Wildman–Crippen MR) is 137 cm³/mol. The van der Waals surface area contributed by atoms with Crippen LogP contribution in [-0.4, -0.2) is 21.9 Å². The van der Waals surface area contributed by atoms with Crippen LogP contribution in [0.15, 0.2) is 73.1 Å². The molecule has 4 aromatic rings. The summed E-state index contributed by atoms with van der Waals surface area (Å²) in [6, 6.07) is 12.9. The first-order chi connectivity index (χ1) is 18.3. The molecule has 11 heteroatoms. The number of hydrogen-bond donors (Lipinski definition) is 4. The largest absolute Gasteiger partial charge is 0.453 e. The van der Waals surface area contributed by atoms with E-state index in [2.05, 4.69) is 32.4 Å². The monoisotopic (exact) mass is 514 g/mol. The van der Waals surface area contributed by atoms with Gasteiger partial charge >= 0.3 is 6.03 Å². The van der Waals surface area contributed by atoms with E-state index in [4.69, 9.17) is 16.2 Å². The molecule has 0 aliphatic heterocycles. The molecule has 2 aromatic heterocycles. The number of halogens is 2. The molecular weight excluding hydrogens is 494 g/mol. The van der Waals surface area contributed by atoms with Gasteiger partial charge in [-0.15, -0.1) is 0 Å². The van der Waals surface area contributed by atoms with Gasteiger partial charge in [-0.25, -0.2) is 23.5 Å². The van der Waals surface area contributed by atoms with Gasteiger partial charge in [-0.2, -0.15) is 0 Å². The fourth-order valence-electron chi connectivity index (χ4n) is 3.18. The van der Waals surface area contributed by atoms with Gasteiger partial charge in [-0.1, -0.05) is 18.1 Å². The summed E-state index contributed by atoms with van der Waals surface area (Å²) in [5.41, 5.74) is 13.3. The van der Waals surface area contributed by atoms with Crippen LogP contribution in [0, 0.1) is 23.5 Å². The van der Waals surface area contributed by atoms with Crippen molar-refractivity contribution in [1.29, 1.82) is 0 Å². The molecule has 0 atom stereocenters. The van der Waals surface area contributed by atoms with Crippen molar-refractivity contribution in [3.8, 4) is 23.3 Å². The van der Waals surface area contributed by atoms with E-state index in [-0.39, 0.29) is 35.0 Å². The van der Waals surface area contributed by atoms with Crippen LogP contribution in [0.1, 0.15) is 16.8 Å². The third-order valence-electron chi connectivity index (χ3n) is 4.98. The van der Waals surface area contributed by atoms with Gasteiger partial charge in [0.25, 0.3) is 0 Å². The average Bonchev–Trinajstić information content (AvgIpc) is 2.87. The molecule has 4 rings (SSSR count). The Kier molecular flexibility index (Phi) is 7.74. The molecule has 38 heavy (non-hydrogen) atoms. The van der Waals surface area contributed by atoms with Gasteiger partial charge in [-0.05, 0) is 47.9 Å². The Morgan fingerprint density at radius 2 is 1.71 bits per heavy atom. The highest BCUT2D eigenvalue weighted by molar-refractivity contribution is 6.01. The van der Waals surface area contributed by atoms with Crippen molar-refractivity contribution in [2.24, 2.45) is 0 Å². The lowest BCUT2D eigenvalue weighted by atomic mass is 10.1. The number of ether oxygens (including phenoxy) is 1. The van der Waals surface area contributed by atoms with Crippen LogP contribution in [0.5, 0.6) is 11.5 Å². The molecule has 0 aliphatic carbocycles. The number of nitrogens with one attached hydrogen (secondary N) is 2. The number of carbonyl (C=O) groups excluding carboxylic acids is 2. The number of rotatable bonds is 5. The number of amides is 3. The van der Waals surface area contributed by atoms with E-state index in [0.717, 1.165) is 6.07 Å². The van der Waals surface area contributed by atoms with Crippen LogP contribution in [0.4, 0.5) is 30.8 Å². The van der Waals surface area contributed by atoms with Gasteiger partial charge in [0.05, 0.1) is 18.3 Å². The summed E-state index contributed by atoms with van der Waals surface area (Å²) in [4.78, 5) is 32.3. The molecule has 0 bridgehead atoms. The summed E-state index contributed by atoms with van der Waals surface area (Å²) < 4.78 is 33.5. The number of carbonyl (C=O) groups is 2. The molecule has 0 spiro atoms. The van der Waals surface area contributed by atoms with Crippen molar-refractivity contribution in [2.45, 2.75) is 6.42 Å². The topological polar surface area (TPSA) is 145 Å². The highest BCUT2D eigenvalue weighted by Gasteiger charge is 2.14. The number of nitrogen functional groups attached to an aromatic ring is 2. The highest BCUT2D eigenvalue weighted by atomic mass is 19.1. The Bertz CT molecular complexity index is 1550. The zero-order valence-electron chi connectivity index (χ0n) is 19.7. The summed E-state index contributed by atoms with van der Waals surface area (Å²) in [5, 5.41) is 4.49. The van der Waals surface area contributed by atoms with Crippen molar-refractivity contribution < 1.29 is 23.1 Å². The minimum Gasteiger partial charge on any atom is -0.453 e. The predicted octanol–water partition coefficient (Wildman–Crippen LogP) is 4.00. The van der Waals surface area contributed by atoms with Crippen molar-refractivity contribution in [3.63, 3.8) is 0 Å². The first-order valence-electron chi connectivity index (χ1n) is 11.1. The first-order valence-corrected chi connectivity index (χ1v) is 11.1. The molecule has 0 aliphatic rings. The molecule has 9 nitrogen and oxygen atoms in total. The lowest BCUT2D eigenvalue weighted by Gasteiger charge is -2.11. The SMILES string of the molecule is Nc1ccc(C#Cc2c(Oc3ccc(NC(=O)NC(=O)Cc4ccc(F)cc4)cc3F)ccnc2N)nc1. The van der Waals surface area contributed by atoms with Crippen LogP contribution in [-0.2, 0) is 11.2 Å². The molecule has 0 unspecified atom stereocenters. The maximum Gasteiger partial charge on any atom is 0.325 e. The first kappa shape index (κ1) is 25.6. The highest BCUT2D eigenvalue weighted by Crippen LogP contribution is 2.30. The lowest BCUT2D eigenvalue weighted by molar-refractivity contribution is -0.119. The summed E-state index contributed by atoms with van der Waals surface area (Å²) in [6.07, 6.45) is 2.71. The second-order valence-electron chi connectivity index (χ2n) is 7.85. The summed E-state index contributed by atoms with van der Waals surface area (Å²) in [6.45, 7) is 0. The van der Waals surface area contributed by atoms with Crippen LogP contribution in [0.2, 0.25) is 0 Å². The Morgan fingerprint density at radius 1 is 0.921 bits per heavy atom. The molecule has 2 aromatic carbocycles. The van der Waals surface area contributed by atoms with E-state index in [0.29, 0.717) is 16.9 Å². The standard InChI is InChI=1S/C27H20F2N6O3/c28-17-3-1-16(2-4-17)13-25(36)35-27(37)34-20-8-10-24(22(29)14-20)38-23-11-12-32-26(31)21(23)9-7-19-6-5-18(30)15-33-19/h1-6,8,10-12,14-15H,13,30H2,(H2,31,32)(H2,34,35,36,37). The molecule has 3 amide bonds. The third kappa shape index (κ3) is 6.79.